The quantitative estimate of drug-likeness (QED) is 0.629. The number of nitrogens with zero attached hydrogens (tertiary/aromatic N) is 1. The zero-order valence-corrected chi connectivity index (χ0v) is 7.65. The lowest BCUT2D eigenvalue weighted by atomic mass is 10.0. The van der Waals surface area contributed by atoms with Crippen LogP contribution in [0, 0.1) is 6.92 Å². The second-order valence-electron chi connectivity index (χ2n) is 2.97. The molecule has 0 saturated heterocycles. The van der Waals surface area contributed by atoms with Gasteiger partial charge in [0.2, 0.25) is 0 Å². The molecule has 4 nitrogen and oxygen atoms in total. The Morgan fingerprint density at radius 3 is 2.62 bits per heavy atom. The molecule has 1 atom stereocenters. The van der Waals surface area contributed by atoms with Gasteiger partial charge in [0.25, 0.3) is 0 Å². The fourth-order valence-corrected chi connectivity index (χ4v) is 1.24. The maximum atomic E-state index is 9.55. The number of aryl methyl sites for hydroxylation is 1. The lowest BCUT2D eigenvalue weighted by Gasteiger charge is -2.13. The van der Waals surface area contributed by atoms with Crippen LogP contribution in [0.25, 0.3) is 0 Å². The molecule has 0 amide bonds. The summed E-state index contributed by atoms with van der Waals surface area (Å²) < 4.78 is 0. The Hall–Kier alpha value is -1.13. The minimum absolute atomic E-state index is 0.0402. The highest BCUT2D eigenvalue weighted by atomic mass is 16.3. The minimum Gasteiger partial charge on any atom is -0.506 e. The monoisotopic (exact) mass is 183 g/mol. The van der Waals surface area contributed by atoms with Gasteiger partial charge in [-0.2, -0.15) is 0 Å². The first-order valence-corrected chi connectivity index (χ1v) is 4.04. The normalized spacial score (nSPS) is 12.9. The van der Waals surface area contributed by atoms with Gasteiger partial charge in [-0.25, -0.2) is 0 Å². The lowest BCUT2D eigenvalue weighted by molar-refractivity contribution is 0.188. The maximum absolute atomic E-state index is 9.55. The Morgan fingerprint density at radius 2 is 2.15 bits per heavy atom. The van der Waals surface area contributed by atoms with Crippen molar-refractivity contribution >= 4 is 0 Å². The molecule has 0 saturated carbocycles. The second-order valence-corrected chi connectivity index (χ2v) is 2.97. The number of aliphatic hydroxyl groups is 2. The van der Waals surface area contributed by atoms with Crippen LogP contribution in [0.4, 0.5) is 0 Å². The van der Waals surface area contributed by atoms with Crippen LogP contribution in [-0.4, -0.2) is 20.3 Å². The third kappa shape index (κ3) is 1.79. The molecule has 0 radical (unpaired) electrons. The first kappa shape index (κ1) is 9.95. The van der Waals surface area contributed by atoms with Crippen molar-refractivity contribution in [2.75, 3.05) is 0 Å². The van der Waals surface area contributed by atoms with Gasteiger partial charge in [-0.1, -0.05) is 0 Å². The highest BCUT2D eigenvalue weighted by molar-refractivity contribution is 5.41. The molecule has 4 heteroatoms. The van der Waals surface area contributed by atoms with Gasteiger partial charge in [0.15, 0.2) is 0 Å². The van der Waals surface area contributed by atoms with Crippen LogP contribution in [0.1, 0.15) is 29.8 Å². The molecule has 3 N–H and O–H groups in total. The summed E-state index contributed by atoms with van der Waals surface area (Å²) in [5.41, 5.74) is 1.27. The summed E-state index contributed by atoms with van der Waals surface area (Å²) in [6.07, 6.45) is 0.653. The van der Waals surface area contributed by atoms with Crippen molar-refractivity contribution in [3.8, 4) is 5.75 Å². The SMILES string of the molecule is Cc1ncc(CO)c(C(C)O)c1O. The van der Waals surface area contributed by atoms with Crippen molar-refractivity contribution < 1.29 is 15.3 Å². The molecule has 1 unspecified atom stereocenters. The molecule has 1 heterocycles. The van der Waals surface area contributed by atoms with E-state index in [1.807, 2.05) is 0 Å². The number of aromatic nitrogens is 1. The molecule has 0 aliphatic carbocycles. The highest BCUT2D eigenvalue weighted by Gasteiger charge is 2.15. The zero-order valence-electron chi connectivity index (χ0n) is 7.65. The van der Waals surface area contributed by atoms with Gasteiger partial charge >= 0.3 is 0 Å². The number of hydrogen-bond acceptors (Lipinski definition) is 4. The van der Waals surface area contributed by atoms with Gasteiger partial charge in [-0.05, 0) is 13.8 Å². The van der Waals surface area contributed by atoms with Crippen LogP contribution >= 0.6 is 0 Å². The van der Waals surface area contributed by atoms with E-state index >= 15 is 0 Å². The Morgan fingerprint density at radius 1 is 1.54 bits per heavy atom. The average molecular weight is 183 g/mol. The molecule has 0 aliphatic rings. The maximum Gasteiger partial charge on any atom is 0.142 e. The molecule has 0 bridgehead atoms. The fraction of sp³-hybridized carbons (Fsp3) is 0.444. The van der Waals surface area contributed by atoms with Crippen molar-refractivity contribution in [2.45, 2.75) is 26.6 Å². The highest BCUT2D eigenvalue weighted by Crippen LogP contribution is 2.29. The first-order chi connectivity index (χ1) is 6.07. The Kier molecular flexibility index (Phi) is 2.85. The smallest absolute Gasteiger partial charge is 0.142 e. The van der Waals surface area contributed by atoms with E-state index in [1.165, 1.54) is 13.1 Å². The van der Waals surface area contributed by atoms with Gasteiger partial charge in [-0.15, -0.1) is 0 Å². The van der Waals surface area contributed by atoms with E-state index in [1.54, 1.807) is 6.92 Å². The van der Waals surface area contributed by atoms with E-state index in [0.29, 0.717) is 16.8 Å². The van der Waals surface area contributed by atoms with Gasteiger partial charge in [-0.3, -0.25) is 4.98 Å². The molecule has 0 fully saturated rings. The van der Waals surface area contributed by atoms with E-state index in [2.05, 4.69) is 4.98 Å². The first-order valence-electron chi connectivity index (χ1n) is 4.04. The van der Waals surface area contributed by atoms with E-state index in [9.17, 15) is 10.2 Å². The van der Waals surface area contributed by atoms with Crippen LogP contribution in [-0.2, 0) is 6.61 Å². The second kappa shape index (κ2) is 3.72. The summed E-state index contributed by atoms with van der Waals surface area (Å²) in [4.78, 5) is 3.87. The average Bonchev–Trinajstić information content (AvgIpc) is 2.08. The van der Waals surface area contributed by atoms with Crippen molar-refractivity contribution in [1.82, 2.24) is 4.98 Å². The molecular weight excluding hydrogens is 170 g/mol. The summed E-state index contributed by atoms with van der Waals surface area (Å²) >= 11 is 0. The van der Waals surface area contributed by atoms with Crippen LogP contribution in [0.5, 0.6) is 5.75 Å². The molecular formula is C9H13NO3. The van der Waals surface area contributed by atoms with Crippen molar-refractivity contribution in [1.29, 1.82) is 0 Å². The lowest BCUT2D eigenvalue weighted by Crippen LogP contribution is -2.02. The zero-order chi connectivity index (χ0) is 10.0. The molecule has 1 aromatic rings. The minimum atomic E-state index is -0.802. The predicted molar refractivity (Wildman–Crippen MR) is 47.2 cm³/mol. The standard InChI is InChI=1S/C9H13NO3/c1-5-9(13)8(6(2)12)7(4-11)3-10-5/h3,6,11-13H,4H2,1-2H3. The van der Waals surface area contributed by atoms with Gasteiger partial charge < -0.3 is 15.3 Å². The third-order valence-electron chi connectivity index (χ3n) is 1.95. The summed E-state index contributed by atoms with van der Waals surface area (Å²) in [5, 5.41) is 27.8. The number of aliphatic hydroxyl groups excluding tert-OH is 2. The number of aromatic hydroxyl groups is 1. The van der Waals surface area contributed by atoms with Crippen LogP contribution in [0.15, 0.2) is 6.20 Å². The summed E-state index contributed by atoms with van der Waals surface area (Å²) in [6, 6.07) is 0. The van der Waals surface area contributed by atoms with Crippen LogP contribution in [0.2, 0.25) is 0 Å². The number of rotatable bonds is 2. The van der Waals surface area contributed by atoms with Gasteiger partial charge in [0.1, 0.15) is 5.75 Å². The van der Waals surface area contributed by atoms with E-state index in [4.69, 9.17) is 5.11 Å². The van der Waals surface area contributed by atoms with Crippen molar-refractivity contribution in [3.05, 3.63) is 23.0 Å². The van der Waals surface area contributed by atoms with Crippen molar-refractivity contribution in [2.24, 2.45) is 0 Å². The summed E-state index contributed by atoms with van der Waals surface area (Å²) in [6.45, 7) is 2.94. The Labute approximate surface area is 76.5 Å². The van der Waals surface area contributed by atoms with E-state index < -0.39 is 6.10 Å². The molecule has 72 valence electrons. The van der Waals surface area contributed by atoms with E-state index in [0.717, 1.165) is 0 Å². The molecule has 0 aliphatic heterocycles. The van der Waals surface area contributed by atoms with Crippen molar-refractivity contribution in [3.63, 3.8) is 0 Å². The predicted octanol–water partition coefficient (Wildman–Crippen LogP) is 0.641. The summed E-state index contributed by atoms with van der Waals surface area (Å²) in [5.74, 6) is -0.0402. The van der Waals surface area contributed by atoms with E-state index in [-0.39, 0.29) is 12.4 Å². The number of hydrogen-bond donors (Lipinski definition) is 3. The molecule has 0 aromatic carbocycles. The van der Waals surface area contributed by atoms with Gasteiger partial charge in [0, 0.05) is 17.3 Å². The van der Waals surface area contributed by atoms with Crippen LogP contribution in [0.3, 0.4) is 0 Å². The number of pyridine rings is 1. The molecule has 0 spiro atoms. The fourth-order valence-electron chi connectivity index (χ4n) is 1.24. The van der Waals surface area contributed by atoms with Gasteiger partial charge in [0.05, 0.1) is 18.4 Å². The molecule has 13 heavy (non-hydrogen) atoms. The van der Waals surface area contributed by atoms with Crippen LogP contribution < -0.4 is 0 Å². The topological polar surface area (TPSA) is 73.6 Å². The molecule has 1 aromatic heterocycles. The third-order valence-corrected chi connectivity index (χ3v) is 1.95. The summed E-state index contributed by atoms with van der Waals surface area (Å²) in [7, 11) is 0. The Bertz CT molecular complexity index is 310. The molecule has 1 rings (SSSR count). The largest absolute Gasteiger partial charge is 0.506 e. The Balaban J connectivity index is 3.32.